The van der Waals surface area contributed by atoms with E-state index >= 15 is 0 Å². The molecular weight excluding hydrogens is 340 g/mol. The Morgan fingerprint density at radius 3 is 2.56 bits per heavy atom. The summed E-state index contributed by atoms with van der Waals surface area (Å²) >= 11 is 0. The zero-order chi connectivity index (χ0) is 17.4. The first-order valence-corrected chi connectivity index (χ1v) is 9.01. The Morgan fingerprint density at radius 2 is 1.84 bits per heavy atom. The van der Waals surface area contributed by atoms with Crippen molar-refractivity contribution in [2.75, 3.05) is 0 Å². The van der Waals surface area contributed by atoms with E-state index in [9.17, 15) is 8.42 Å². The predicted molar refractivity (Wildman–Crippen MR) is 92.0 cm³/mol. The van der Waals surface area contributed by atoms with Crippen molar-refractivity contribution in [3.05, 3.63) is 60.6 Å². The number of aromatic amines is 1. The van der Waals surface area contributed by atoms with E-state index in [1.807, 2.05) is 24.3 Å². The number of rotatable bonds is 4. The number of para-hydroxylation sites is 2. The van der Waals surface area contributed by atoms with Crippen molar-refractivity contribution in [1.29, 1.82) is 0 Å². The molecule has 4 rings (SSSR count). The molecular formula is C16H14N6O2S. The number of hydrogen-bond acceptors (Lipinski definition) is 5. The zero-order valence-electron chi connectivity index (χ0n) is 13.0. The maximum Gasteiger partial charge on any atom is 0.238 e. The summed E-state index contributed by atoms with van der Waals surface area (Å²) < 4.78 is 24.3. The zero-order valence-corrected chi connectivity index (χ0v) is 13.8. The molecule has 8 nitrogen and oxygen atoms in total. The van der Waals surface area contributed by atoms with Crippen molar-refractivity contribution in [2.24, 2.45) is 5.14 Å². The molecule has 0 aliphatic heterocycles. The van der Waals surface area contributed by atoms with Crippen LogP contribution >= 0.6 is 0 Å². The molecule has 2 heterocycles. The molecule has 9 heteroatoms. The lowest BCUT2D eigenvalue weighted by molar-refractivity contribution is 0.598. The van der Waals surface area contributed by atoms with Gasteiger partial charge in [-0.1, -0.05) is 29.5 Å². The molecule has 0 atom stereocenters. The largest absolute Gasteiger partial charge is 0.340 e. The smallest absolute Gasteiger partial charge is 0.238 e. The number of nitrogens with two attached hydrogens (primary N) is 1. The molecule has 25 heavy (non-hydrogen) atoms. The number of aromatic nitrogens is 5. The van der Waals surface area contributed by atoms with Crippen LogP contribution in [0.3, 0.4) is 0 Å². The van der Waals surface area contributed by atoms with Gasteiger partial charge in [-0.3, -0.25) is 0 Å². The molecule has 0 aliphatic rings. The van der Waals surface area contributed by atoms with Crippen molar-refractivity contribution >= 4 is 21.1 Å². The van der Waals surface area contributed by atoms with Crippen molar-refractivity contribution < 1.29 is 8.42 Å². The number of benzene rings is 2. The Hall–Kier alpha value is -3.04. The van der Waals surface area contributed by atoms with Gasteiger partial charge in [0.05, 0.1) is 22.1 Å². The lowest BCUT2D eigenvalue weighted by atomic mass is 10.2. The van der Waals surface area contributed by atoms with E-state index in [2.05, 4.69) is 20.3 Å². The van der Waals surface area contributed by atoms with Crippen molar-refractivity contribution in [3.8, 4) is 11.3 Å². The predicted octanol–water partition coefficient (Wildman–Crippen LogP) is 1.52. The van der Waals surface area contributed by atoms with E-state index in [4.69, 9.17) is 5.14 Å². The normalized spacial score (nSPS) is 11.9. The van der Waals surface area contributed by atoms with Gasteiger partial charge in [0, 0.05) is 5.56 Å². The van der Waals surface area contributed by atoms with Gasteiger partial charge in [0.2, 0.25) is 10.0 Å². The van der Waals surface area contributed by atoms with E-state index < -0.39 is 10.0 Å². The van der Waals surface area contributed by atoms with Gasteiger partial charge >= 0.3 is 0 Å². The Kier molecular flexibility index (Phi) is 3.59. The van der Waals surface area contributed by atoms with Gasteiger partial charge in [0.25, 0.3) is 0 Å². The second kappa shape index (κ2) is 5.80. The first kappa shape index (κ1) is 15.5. The Balaban J connectivity index is 1.57. The van der Waals surface area contributed by atoms with Crippen LogP contribution in [0.5, 0.6) is 0 Å². The van der Waals surface area contributed by atoms with Gasteiger partial charge in [-0.15, -0.1) is 5.10 Å². The van der Waals surface area contributed by atoms with Crippen LogP contribution in [0.15, 0.2) is 59.6 Å². The first-order valence-electron chi connectivity index (χ1n) is 7.46. The van der Waals surface area contributed by atoms with E-state index in [1.54, 1.807) is 23.0 Å². The average Bonchev–Trinajstić information content (AvgIpc) is 3.20. The molecule has 2 aromatic heterocycles. The van der Waals surface area contributed by atoms with E-state index in [1.165, 1.54) is 12.1 Å². The summed E-state index contributed by atoms with van der Waals surface area (Å²) in [4.78, 5) is 7.80. The van der Waals surface area contributed by atoms with Crippen LogP contribution in [0, 0.1) is 0 Å². The summed E-state index contributed by atoms with van der Waals surface area (Å²) in [5.74, 6) is 0.780. The summed E-state index contributed by atoms with van der Waals surface area (Å²) in [6.45, 7) is 0.455. The highest BCUT2D eigenvalue weighted by molar-refractivity contribution is 7.89. The number of fused-ring (bicyclic) bond motifs is 1. The topological polar surface area (TPSA) is 120 Å². The molecule has 126 valence electrons. The van der Waals surface area contributed by atoms with Crippen LogP contribution in [-0.4, -0.2) is 33.4 Å². The SMILES string of the molecule is NS(=O)(=O)c1ccc(-c2cn(Cc3nc4ccccc4[nH]3)nn2)cc1. The van der Waals surface area contributed by atoms with E-state index in [-0.39, 0.29) is 4.90 Å². The summed E-state index contributed by atoms with van der Waals surface area (Å²) in [5.41, 5.74) is 3.26. The van der Waals surface area contributed by atoms with Crippen LogP contribution in [0.2, 0.25) is 0 Å². The number of nitrogens with zero attached hydrogens (tertiary/aromatic N) is 4. The van der Waals surface area contributed by atoms with Crippen LogP contribution in [-0.2, 0) is 16.6 Å². The first-order chi connectivity index (χ1) is 12.0. The number of H-pyrrole nitrogens is 1. The third-order valence-corrected chi connectivity index (χ3v) is 4.70. The van der Waals surface area contributed by atoms with Crippen molar-refractivity contribution in [1.82, 2.24) is 25.0 Å². The molecule has 0 aliphatic carbocycles. The molecule has 3 N–H and O–H groups in total. The number of nitrogens with one attached hydrogen (secondary N) is 1. The third-order valence-electron chi connectivity index (χ3n) is 3.77. The maximum atomic E-state index is 11.3. The van der Waals surface area contributed by atoms with Crippen LogP contribution < -0.4 is 5.14 Å². The summed E-state index contributed by atoms with van der Waals surface area (Å²) in [5, 5.41) is 13.3. The second-order valence-electron chi connectivity index (χ2n) is 5.57. The lowest BCUT2D eigenvalue weighted by Crippen LogP contribution is -2.11. The molecule has 4 aromatic rings. The highest BCUT2D eigenvalue weighted by atomic mass is 32.2. The minimum Gasteiger partial charge on any atom is -0.340 e. The fourth-order valence-corrected chi connectivity index (χ4v) is 3.07. The van der Waals surface area contributed by atoms with Gasteiger partial charge in [-0.05, 0) is 24.3 Å². The summed E-state index contributed by atoms with van der Waals surface area (Å²) in [6.07, 6.45) is 1.78. The minimum atomic E-state index is -3.70. The van der Waals surface area contributed by atoms with Gasteiger partial charge in [-0.2, -0.15) is 0 Å². The van der Waals surface area contributed by atoms with Crippen LogP contribution in [0.25, 0.3) is 22.3 Å². The van der Waals surface area contributed by atoms with Gasteiger partial charge in [-0.25, -0.2) is 23.2 Å². The molecule has 0 saturated carbocycles. The minimum absolute atomic E-state index is 0.0610. The molecule has 0 unspecified atom stereocenters. The highest BCUT2D eigenvalue weighted by Crippen LogP contribution is 2.19. The van der Waals surface area contributed by atoms with E-state index in [0.29, 0.717) is 12.2 Å². The number of primary sulfonamides is 1. The quantitative estimate of drug-likeness (QED) is 0.576. The Labute approximate surface area is 143 Å². The average molecular weight is 354 g/mol. The standard InChI is InChI=1S/C16H14N6O2S/c17-25(23,24)12-7-5-11(6-8-12)15-9-22(21-20-15)10-16-18-13-3-1-2-4-14(13)19-16/h1-9H,10H2,(H,18,19)(H2,17,23,24). The summed E-state index contributed by atoms with van der Waals surface area (Å²) in [6, 6.07) is 14.0. The number of hydrogen-bond donors (Lipinski definition) is 2. The molecule has 0 bridgehead atoms. The molecule has 0 radical (unpaired) electrons. The van der Waals surface area contributed by atoms with E-state index in [0.717, 1.165) is 22.4 Å². The lowest BCUT2D eigenvalue weighted by Gasteiger charge is -1.99. The number of sulfonamides is 1. The molecule has 0 saturated heterocycles. The molecule has 2 aromatic carbocycles. The Bertz CT molecular complexity index is 1110. The van der Waals surface area contributed by atoms with Gasteiger partial charge in [0.15, 0.2) is 0 Å². The number of imidazole rings is 1. The molecule has 0 spiro atoms. The van der Waals surface area contributed by atoms with Crippen molar-refractivity contribution in [3.63, 3.8) is 0 Å². The fourth-order valence-electron chi connectivity index (χ4n) is 2.56. The van der Waals surface area contributed by atoms with Crippen LogP contribution in [0.4, 0.5) is 0 Å². The maximum absolute atomic E-state index is 11.3. The molecule has 0 fully saturated rings. The van der Waals surface area contributed by atoms with Crippen LogP contribution in [0.1, 0.15) is 5.82 Å². The highest BCUT2D eigenvalue weighted by Gasteiger charge is 2.10. The fraction of sp³-hybridized carbons (Fsp3) is 0.0625. The van der Waals surface area contributed by atoms with Crippen molar-refractivity contribution in [2.45, 2.75) is 11.4 Å². The Morgan fingerprint density at radius 1 is 1.08 bits per heavy atom. The van der Waals surface area contributed by atoms with Gasteiger partial charge < -0.3 is 4.98 Å². The van der Waals surface area contributed by atoms with Gasteiger partial charge in [0.1, 0.15) is 18.1 Å². The molecule has 0 amide bonds. The second-order valence-corrected chi connectivity index (χ2v) is 7.13. The monoisotopic (exact) mass is 354 g/mol. The summed E-state index contributed by atoms with van der Waals surface area (Å²) in [7, 11) is -3.70. The third kappa shape index (κ3) is 3.14.